The molecule has 2 saturated heterocycles. The molecule has 0 spiro atoms. The number of nitrogens with one attached hydrogen (secondary N) is 1. The topological polar surface area (TPSA) is 58.6 Å². The number of amides is 1. The number of hydrogen-bond donors (Lipinski definition) is 2. The number of anilines is 1. The number of carbonyl (C=O) groups excluding carboxylic acids is 1. The van der Waals surface area contributed by atoms with Gasteiger partial charge in [-0.15, -0.1) is 0 Å². The molecule has 2 N–H and O–H groups in total. The third-order valence-electron chi connectivity index (χ3n) is 3.88. The van der Waals surface area contributed by atoms with Crippen molar-refractivity contribution >= 4 is 27.5 Å². The lowest BCUT2D eigenvalue weighted by Crippen LogP contribution is -2.33. The van der Waals surface area contributed by atoms with Crippen molar-refractivity contribution in [2.24, 2.45) is 5.92 Å². The van der Waals surface area contributed by atoms with Crippen LogP contribution >= 0.6 is 15.9 Å². The maximum atomic E-state index is 12.3. The zero-order valence-electron chi connectivity index (χ0n) is 10.4. The standard InChI is InChI=1S/C14H16BrNO3/c15-9-1-4-13(17)12(7-9)16-14(18)8-5-10-2-3-11(6-8)19-10/h1,4,7-8,10-11,17H,2-3,5-6H2,(H,16,18). The Bertz CT molecular complexity index is 493. The summed E-state index contributed by atoms with van der Waals surface area (Å²) in [7, 11) is 0. The molecule has 2 aliphatic rings. The lowest BCUT2D eigenvalue weighted by molar-refractivity contribution is -0.125. The van der Waals surface area contributed by atoms with Crippen LogP contribution in [0.5, 0.6) is 5.75 Å². The largest absolute Gasteiger partial charge is 0.506 e. The number of phenolic OH excluding ortho intramolecular Hbond substituents is 1. The first-order chi connectivity index (χ1) is 9.11. The van der Waals surface area contributed by atoms with E-state index < -0.39 is 0 Å². The molecule has 1 aromatic rings. The van der Waals surface area contributed by atoms with Gasteiger partial charge < -0.3 is 15.2 Å². The Morgan fingerprint density at radius 2 is 2.00 bits per heavy atom. The van der Waals surface area contributed by atoms with Gasteiger partial charge in [0.05, 0.1) is 17.9 Å². The fourth-order valence-electron chi connectivity index (χ4n) is 2.92. The van der Waals surface area contributed by atoms with E-state index in [-0.39, 0.29) is 29.8 Å². The van der Waals surface area contributed by atoms with Crippen LogP contribution in [0.1, 0.15) is 25.7 Å². The fraction of sp³-hybridized carbons (Fsp3) is 0.500. The van der Waals surface area contributed by atoms with Gasteiger partial charge in [-0.3, -0.25) is 4.79 Å². The second kappa shape index (κ2) is 5.13. The van der Waals surface area contributed by atoms with Gasteiger partial charge in [0.15, 0.2) is 0 Å². The quantitative estimate of drug-likeness (QED) is 0.821. The van der Waals surface area contributed by atoms with Crippen LogP contribution in [0.3, 0.4) is 0 Å². The molecule has 19 heavy (non-hydrogen) atoms. The van der Waals surface area contributed by atoms with Crippen LogP contribution in [-0.4, -0.2) is 23.2 Å². The summed E-state index contributed by atoms with van der Waals surface area (Å²) in [5, 5.41) is 12.6. The second-order valence-electron chi connectivity index (χ2n) is 5.28. The Balaban J connectivity index is 1.69. The lowest BCUT2D eigenvalue weighted by atomic mass is 9.94. The van der Waals surface area contributed by atoms with Crippen LogP contribution < -0.4 is 5.32 Å². The summed E-state index contributed by atoms with van der Waals surface area (Å²) in [6, 6.07) is 5.01. The number of rotatable bonds is 2. The molecule has 2 fully saturated rings. The van der Waals surface area contributed by atoms with Crippen LogP contribution in [0, 0.1) is 5.92 Å². The number of benzene rings is 1. The van der Waals surface area contributed by atoms with Gasteiger partial charge in [-0.2, -0.15) is 0 Å². The van der Waals surface area contributed by atoms with Crippen LogP contribution in [0.15, 0.2) is 22.7 Å². The van der Waals surface area contributed by atoms with E-state index in [9.17, 15) is 9.90 Å². The highest BCUT2D eigenvalue weighted by molar-refractivity contribution is 9.10. The van der Waals surface area contributed by atoms with Crippen molar-refractivity contribution in [1.82, 2.24) is 0 Å². The predicted molar refractivity (Wildman–Crippen MR) is 75.1 cm³/mol. The van der Waals surface area contributed by atoms with Gasteiger partial charge in [-0.1, -0.05) is 15.9 Å². The van der Waals surface area contributed by atoms with Crippen molar-refractivity contribution < 1.29 is 14.6 Å². The number of phenols is 1. The second-order valence-corrected chi connectivity index (χ2v) is 6.19. The van der Waals surface area contributed by atoms with Crippen molar-refractivity contribution in [2.45, 2.75) is 37.9 Å². The molecule has 3 rings (SSSR count). The zero-order valence-corrected chi connectivity index (χ0v) is 12.0. The molecule has 0 aromatic heterocycles. The van der Waals surface area contributed by atoms with Gasteiger partial charge in [0.1, 0.15) is 5.75 Å². The Kier molecular flexibility index (Phi) is 3.50. The smallest absolute Gasteiger partial charge is 0.227 e. The summed E-state index contributed by atoms with van der Waals surface area (Å²) >= 11 is 3.33. The van der Waals surface area contributed by atoms with E-state index in [1.54, 1.807) is 18.2 Å². The molecule has 2 unspecified atom stereocenters. The number of carbonyl (C=O) groups is 1. The third kappa shape index (κ3) is 2.77. The summed E-state index contributed by atoms with van der Waals surface area (Å²) in [5.74, 6) is 0.0600. The highest BCUT2D eigenvalue weighted by Crippen LogP contribution is 2.37. The molecule has 102 valence electrons. The van der Waals surface area contributed by atoms with Crippen LogP contribution in [0.2, 0.25) is 0 Å². The van der Waals surface area contributed by atoms with Gasteiger partial charge >= 0.3 is 0 Å². The number of hydrogen-bond acceptors (Lipinski definition) is 3. The normalized spacial score (nSPS) is 29.2. The third-order valence-corrected chi connectivity index (χ3v) is 4.37. The molecule has 0 saturated carbocycles. The highest BCUT2D eigenvalue weighted by atomic mass is 79.9. The summed E-state index contributed by atoms with van der Waals surface area (Å²) in [6.45, 7) is 0. The molecule has 2 bridgehead atoms. The Labute approximate surface area is 120 Å². The van der Waals surface area contributed by atoms with Crippen molar-refractivity contribution in [3.05, 3.63) is 22.7 Å². The molecule has 0 radical (unpaired) electrons. The summed E-state index contributed by atoms with van der Waals surface area (Å²) in [4.78, 5) is 12.3. The lowest BCUT2D eigenvalue weighted by Gasteiger charge is -2.27. The summed E-state index contributed by atoms with van der Waals surface area (Å²) in [6.07, 6.45) is 4.19. The first kappa shape index (κ1) is 12.9. The van der Waals surface area contributed by atoms with Crippen molar-refractivity contribution in [1.29, 1.82) is 0 Å². The molecule has 1 amide bonds. The molecule has 2 aliphatic heterocycles. The minimum Gasteiger partial charge on any atom is -0.506 e. The SMILES string of the molecule is O=C(Nc1cc(Br)ccc1O)C1CC2CCC(C1)O2. The van der Waals surface area contributed by atoms with Crippen LogP contribution in [0.25, 0.3) is 0 Å². The number of ether oxygens (including phenoxy) is 1. The van der Waals surface area contributed by atoms with Gasteiger partial charge in [0.2, 0.25) is 5.91 Å². The Morgan fingerprint density at radius 1 is 1.32 bits per heavy atom. The molecule has 2 atom stereocenters. The Hall–Kier alpha value is -1.07. The molecule has 5 heteroatoms. The zero-order chi connectivity index (χ0) is 13.4. The van der Waals surface area contributed by atoms with Gasteiger partial charge in [-0.25, -0.2) is 0 Å². The molecular weight excluding hydrogens is 310 g/mol. The van der Waals surface area contributed by atoms with Crippen molar-refractivity contribution in [2.75, 3.05) is 5.32 Å². The maximum absolute atomic E-state index is 12.3. The minimum atomic E-state index is -0.0198. The van der Waals surface area contributed by atoms with Gasteiger partial charge in [-0.05, 0) is 43.9 Å². The molecule has 2 heterocycles. The molecule has 1 aromatic carbocycles. The van der Waals surface area contributed by atoms with Crippen LogP contribution in [0.4, 0.5) is 5.69 Å². The van der Waals surface area contributed by atoms with E-state index in [0.29, 0.717) is 5.69 Å². The first-order valence-electron chi connectivity index (χ1n) is 6.56. The molecule has 4 nitrogen and oxygen atoms in total. The number of fused-ring (bicyclic) bond motifs is 2. The molecular formula is C14H16BrNO3. The van der Waals surface area contributed by atoms with Gasteiger partial charge in [0, 0.05) is 10.4 Å². The predicted octanol–water partition coefficient (Wildman–Crippen LogP) is 3.05. The van der Waals surface area contributed by atoms with Crippen molar-refractivity contribution in [3.63, 3.8) is 0 Å². The summed E-state index contributed by atoms with van der Waals surface area (Å²) in [5.41, 5.74) is 0.457. The van der Waals surface area contributed by atoms with E-state index in [1.807, 2.05) is 0 Å². The Morgan fingerprint density at radius 3 is 2.68 bits per heavy atom. The number of aromatic hydroxyl groups is 1. The fourth-order valence-corrected chi connectivity index (χ4v) is 3.28. The summed E-state index contributed by atoms with van der Waals surface area (Å²) < 4.78 is 6.56. The van der Waals surface area contributed by atoms with Crippen molar-refractivity contribution in [3.8, 4) is 5.75 Å². The van der Waals surface area contributed by atoms with E-state index in [0.717, 1.165) is 30.2 Å². The van der Waals surface area contributed by atoms with E-state index >= 15 is 0 Å². The van der Waals surface area contributed by atoms with E-state index in [4.69, 9.17) is 4.74 Å². The van der Waals surface area contributed by atoms with Crippen LogP contribution in [-0.2, 0) is 9.53 Å². The monoisotopic (exact) mass is 325 g/mol. The maximum Gasteiger partial charge on any atom is 0.227 e. The van der Waals surface area contributed by atoms with Gasteiger partial charge in [0.25, 0.3) is 0 Å². The number of halogens is 1. The average molecular weight is 326 g/mol. The van der Waals surface area contributed by atoms with E-state index in [2.05, 4.69) is 21.2 Å². The van der Waals surface area contributed by atoms with E-state index in [1.165, 1.54) is 0 Å². The average Bonchev–Trinajstić information content (AvgIpc) is 2.72. The minimum absolute atomic E-state index is 0.00960. The molecule has 0 aliphatic carbocycles. The first-order valence-corrected chi connectivity index (χ1v) is 7.36. The highest BCUT2D eigenvalue weighted by Gasteiger charge is 2.38.